The van der Waals surface area contributed by atoms with E-state index in [4.69, 9.17) is 0 Å². The summed E-state index contributed by atoms with van der Waals surface area (Å²) in [4.78, 5) is 11.3. The van der Waals surface area contributed by atoms with E-state index in [1.165, 1.54) is 11.1 Å². The smallest absolute Gasteiger partial charge is 0.134 e. The average molecular weight is 284 g/mol. The summed E-state index contributed by atoms with van der Waals surface area (Å²) in [6.45, 7) is 5.10. The molecule has 1 aromatic carbocycles. The lowest BCUT2D eigenvalue weighted by atomic mass is 10.1. The third kappa shape index (κ3) is 4.18. The van der Waals surface area contributed by atoms with E-state index in [-0.39, 0.29) is 0 Å². The lowest BCUT2D eigenvalue weighted by Crippen LogP contribution is -2.19. The molecule has 0 fully saturated rings. The minimum absolute atomic E-state index is 0.841. The van der Waals surface area contributed by atoms with E-state index >= 15 is 0 Å². The maximum Gasteiger partial charge on any atom is 0.134 e. The van der Waals surface area contributed by atoms with Gasteiger partial charge in [-0.3, -0.25) is 0 Å². The van der Waals surface area contributed by atoms with Crippen molar-refractivity contribution in [3.05, 3.63) is 47.3 Å². The summed E-state index contributed by atoms with van der Waals surface area (Å²) < 4.78 is 0. The standard InChI is InChI=1S/C17H24N4/c1-5-7-15-19-16(18-3)11-17(20-15)21(4)12-14-9-6-8-13(2)10-14/h6,8-11H,5,7,12H2,1-4H3,(H,18,19,20). The first kappa shape index (κ1) is 15.3. The number of benzene rings is 1. The van der Waals surface area contributed by atoms with Crippen LogP contribution in [0.4, 0.5) is 11.6 Å². The summed E-state index contributed by atoms with van der Waals surface area (Å²) in [6, 6.07) is 10.6. The fourth-order valence-electron chi connectivity index (χ4n) is 2.31. The van der Waals surface area contributed by atoms with Crippen LogP contribution in [-0.2, 0) is 13.0 Å². The van der Waals surface area contributed by atoms with Crippen molar-refractivity contribution in [2.24, 2.45) is 0 Å². The van der Waals surface area contributed by atoms with Crippen LogP contribution in [0.2, 0.25) is 0 Å². The molecule has 0 saturated carbocycles. The summed E-state index contributed by atoms with van der Waals surface area (Å²) in [5.41, 5.74) is 2.57. The Bertz CT molecular complexity index is 595. The largest absolute Gasteiger partial charge is 0.373 e. The Labute approximate surface area is 127 Å². The highest BCUT2D eigenvalue weighted by Crippen LogP contribution is 2.18. The number of anilines is 2. The Morgan fingerprint density at radius 2 is 2.00 bits per heavy atom. The molecule has 2 aromatic rings. The van der Waals surface area contributed by atoms with Gasteiger partial charge in [-0.1, -0.05) is 36.8 Å². The second-order valence-electron chi connectivity index (χ2n) is 5.37. The number of aryl methyl sites for hydroxylation is 2. The zero-order chi connectivity index (χ0) is 15.2. The Morgan fingerprint density at radius 1 is 1.19 bits per heavy atom. The third-order valence-electron chi connectivity index (χ3n) is 3.38. The number of aromatic nitrogens is 2. The molecule has 21 heavy (non-hydrogen) atoms. The molecule has 0 spiro atoms. The fraction of sp³-hybridized carbons (Fsp3) is 0.412. The van der Waals surface area contributed by atoms with Crippen LogP contribution in [0.15, 0.2) is 30.3 Å². The summed E-state index contributed by atoms with van der Waals surface area (Å²) >= 11 is 0. The van der Waals surface area contributed by atoms with Gasteiger partial charge in [-0.2, -0.15) is 0 Å². The topological polar surface area (TPSA) is 41.1 Å². The van der Waals surface area contributed by atoms with Gasteiger partial charge in [-0.25, -0.2) is 9.97 Å². The molecule has 0 unspecified atom stereocenters. The lowest BCUT2D eigenvalue weighted by molar-refractivity contribution is 0.813. The second kappa shape index (κ2) is 7.07. The van der Waals surface area contributed by atoms with E-state index in [1.54, 1.807) is 0 Å². The molecular weight excluding hydrogens is 260 g/mol. The van der Waals surface area contributed by atoms with E-state index in [1.807, 2.05) is 13.1 Å². The van der Waals surface area contributed by atoms with Crippen LogP contribution in [0.5, 0.6) is 0 Å². The molecule has 1 aromatic heterocycles. The van der Waals surface area contributed by atoms with Crippen molar-refractivity contribution in [1.82, 2.24) is 9.97 Å². The normalized spacial score (nSPS) is 10.5. The zero-order valence-corrected chi connectivity index (χ0v) is 13.3. The van der Waals surface area contributed by atoms with Gasteiger partial charge in [0.25, 0.3) is 0 Å². The quantitative estimate of drug-likeness (QED) is 0.882. The Morgan fingerprint density at radius 3 is 2.67 bits per heavy atom. The number of hydrogen-bond acceptors (Lipinski definition) is 4. The third-order valence-corrected chi connectivity index (χ3v) is 3.38. The molecule has 1 heterocycles. The number of nitrogens with one attached hydrogen (secondary N) is 1. The van der Waals surface area contributed by atoms with Gasteiger partial charge in [0, 0.05) is 33.1 Å². The maximum atomic E-state index is 4.66. The van der Waals surface area contributed by atoms with Gasteiger partial charge < -0.3 is 10.2 Å². The molecule has 0 atom stereocenters. The summed E-state index contributed by atoms with van der Waals surface area (Å²) in [5, 5.41) is 3.12. The molecule has 0 aliphatic carbocycles. The molecule has 0 aliphatic rings. The Kier molecular flexibility index (Phi) is 5.14. The van der Waals surface area contributed by atoms with Gasteiger partial charge in [0.15, 0.2) is 0 Å². The molecule has 2 rings (SSSR count). The predicted molar refractivity (Wildman–Crippen MR) is 88.9 cm³/mol. The van der Waals surface area contributed by atoms with E-state index < -0.39 is 0 Å². The Hall–Kier alpha value is -2.10. The van der Waals surface area contributed by atoms with Crippen molar-refractivity contribution in [3.8, 4) is 0 Å². The van der Waals surface area contributed by atoms with Gasteiger partial charge in [0.2, 0.25) is 0 Å². The highest BCUT2D eigenvalue weighted by molar-refractivity contribution is 5.49. The molecule has 0 bridgehead atoms. The fourth-order valence-corrected chi connectivity index (χ4v) is 2.31. The van der Waals surface area contributed by atoms with Crippen molar-refractivity contribution < 1.29 is 0 Å². The molecule has 0 radical (unpaired) electrons. The predicted octanol–water partition coefficient (Wildman–Crippen LogP) is 3.42. The molecule has 4 heteroatoms. The zero-order valence-electron chi connectivity index (χ0n) is 13.3. The summed E-state index contributed by atoms with van der Waals surface area (Å²) in [7, 11) is 3.96. The molecule has 0 saturated heterocycles. The van der Waals surface area contributed by atoms with Crippen LogP contribution in [0, 0.1) is 6.92 Å². The van der Waals surface area contributed by atoms with E-state index in [9.17, 15) is 0 Å². The van der Waals surface area contributed by atoms with Crippen LogP contribution in [0.25, 0.3) is 0 Å². The van der Waals surface area contributed by atoms with Crippen LogP contribution in [0.1, 0.15) is 30.3 Å². The van der Waals surface area contributed by atoms with Gasteiger partial charge in [0.05, 0.1) is 0 Å². The molecule has 1 N–H and O–H groups in total. The van der Waals surface area contributed by atoms with Crippen LogP contribution in [0.3, 0.4) is 0 Å². The first-order chi connectivity index (χ1) is 10.1. The highest BCUT2D eigenvalue weighted by atomic mass is 15.2. The molecular formula is C17H24N4. The summed E-state index contributed by atoms with van der Waals surface area (Å²) in [5.74, 6) is 2.73. The van der Waals surface area contributed by atoms with Crippen molar-refractivity contribution >= 4 is 11.6 Å². The maximum absolute atomic E-state index is 4.66. The van der Waals surface area contributed by atoms with Crippen molar-refractivity contribution in [1.29, 1.82) is 0 Å². The Balaban J connectivity index is 2.21. The first-order valence-corrected chi connectivity index (χ1v) is 7.44. The van der Waals surface area contributed by atoms with Gasteiger partial charge in [-0.05, 0) is 18.9 Å². The van der Waals surface area contributed by atoms with Crippen molar-refractivity contribution in [3.63, 3.8) is 0 Å². The first-order valence-electron chi connectivity index (χ1n) is 7.44. The van der Waals surface area contributed by atoms with Crippen molar-refractivity contribution in [2.75, 3.05) is 24.3 Å². The van der Waals surface area contributed by atoms with Gasteiger partial charge >= 0.3 is 0 Å². The summed E-state index contributed by atoms with van der Waals surface area (Å²) in [6.07, 6.45) is 1.95. The molecule has 112 valence electrons. The van der Waals surface area contributed by atoms with Gasteiger partial charge in [-0.15, -0.1) is 0 Å². The minimum Gasteiger partial charge on any atom is -0.373 e. The molecule has 0 amide bonds. The number of nitrogens with zero attached hydrogens (tertiary/aromatic N) is 3. The van der Waals surface area contributed by atoms with E-state index in [0.717, 1.165) is 36.8 Å². The van der Waals surface area contributed by atoms with Crippen LogP contribution < -0.4 is 10.2 Å². The van der Waals surface area contributed by atoms with E-state index in [2.05, 4.69) is 65.3 Å². The highest BCUT2D eigenvalue weighted by Gasteiger charge is 2.08. The van der Waals surface area contributed by atoms with E-state index in [0.29, 0.717) is 0 Å². The molecule has 4 nitrogen and oxygen atoms in total. The molecule has 0 aliphatic heterocycles. The monoisotopic (exact) mass is 284 g/mol. The second-order valence-corrected chi connectivity index (χ2v) is 5.37. The lowest BCUT2D eigenvalue weighted by Gasteiger charge is -2.20. The minimum atomic E-state index is 0.841. The van der Waals surface area contributed by atoms with Crippen LogP contribution >= 0.6 is 0 Å². The van der Waals surface area contributed by atoms with Crippen LogP contribution in [-0.4, -0.2) is 24.1 Å². The number of hydrogen-bond donors (Lipinski definition) is 1. The number of rotatable bonds is 6. The average Bonchev–Trinajstić information content (AvgIpc) is 2.47. The van der Waals surface area contributed by atoms with Crippen molar-refractivity contribution in [2.45, 2.75) is 33.2 Å². The SMILES string of the molecule is CCCc1nc(NC)cc(N(C)Cc2cccc(C)c2)n1. The van der Waals surface area contributed by atoms with Gasteiger partial charge in [0.1, 0.15) is 17.5 Å².